The van der Waals surface area contributed by atoms with E-state index in [2.05, 4.69) is 20.9 Å². The molecule has 1 heterocycles. The van der Waals surface area contributed by atoms with E-state index in [0.717, 1.165) is 5.39 Å². The van der Waals surface area contributed by atoms with Gasteiger partial charge in [-0.25, -0.2) is 9.18 Å². The van der Waals surface area contributed by atoms with Crippen molar-refractivity contribution in [3.63, 3.8) is 0 Å². The second-order valence-electron chi connectivity index (χ2n) is 6.08. The fourth-order valence-electron chi connectivity index (χ4n) is 3.32. The molecule has 1 aromatic heterocycles. The Bertz CT molecular complexity index is 1200. The highest BCUT2D eigenvalue weighted by Crippen LogP contribution is 2.39. The number of carbonyl (C=O) groups excluding carboxylic acids is 1. The Morgan fingerprint density at radius 2 is 1.89 bits per heavy atom. The number of phenolic OH excluding ortho intramolecular Hbond substituents is 1. The summed E-state index contributed by atoms with van der Waals surface area (Å²) in [4.78, 5) is 15.9. The molecule has 0 unspecified atom stereocenters. The van der Waals surface area contributed by atoms with Crippen LogP contribution in [-0.4, -0.2) is 22.7 Å². The van der Waals surface area contributed by atoms with Crippen molar-refractivity contribution < 1.29 is 19.0 Å². The number of aromatic nitrogens is 1. The predicted octanol–water partition coefficient (Wildman–Crippen LogP) is 5.77. The van der Waals surface area contributed by atoms with Crippen molar-refractivity contribution in [1.82, 2.24) is 4.98 Å². The molecule has 0 aliphatic carbocycles. The summed E-state index contributed by atoms with van der Waals surface area (Å²) in [6, 6.07) is 13.3. The lowest BCUT2D eigenvalue weighted by molar-refractivity contribution is 0.0529. The number of H-pyrrole nitrogens is 1. The van der Waals surface area contributed by atoms with Crippen LogP contribution < -0.4 is 0 Å². The first kappa shape index (κ1) is 17.5. The number of rotatable bonds is 3. The van der Waals surface area contributed by atoms with Crippen LogP contribution in [0.1, 0.15) is 17.3 Å². The van der Waals surface area contributed by atoms with Crippen LogP contribution in [0.2, 0.25) is 0 Å². The average Bonchev–Trinajstić information content (AvgIpc) is 3.03. The number of aromatic amines is 1. The summed E-state index contributed by atoms with van der Waals surface area (Å²) in [5.74, 6) is -0.999. The predicted molar refractivity (Wildman–Crippen MR) is 107 cm³/mol. The maximum absolute atomic E-state index is 14.6. The summed E-state index contributed by atoms with van der Waals surface area (Å²) in [7, 11) is 0. The van der Waals surface area contributed by atoms with Gasteiger partial charge in [-0.15, -0.1) is 0 Å². The first-order valence-corrected chi connectivity index (χ1v) is 9.19. The number of nitrogens with one attached hydrogen (secondary N) is 1. The number of esters is 1. The monoisotopic (exact) mass is 427 g/mol. The van der Waals surface area contributed by atoms with Crippen molar-refractivity contribution in [1.29, 1.82) is 0 Å². The van der Waals surface area contributed by atoms with E-state index in [9.17, 15) is 14.3 Å². The summed E-state index contributed by atoms with van der Waals surface area (Å²) >= 11 is 3.34. The van der Waals surface area contributed by atoms with Gasteiger partial charge in [-0.05, 0) is 31.2 Å². The molecule has 0 aliphatic heterocycles. The van der Waals surface area contributed by atoms with Gasteiger partial charge in [-0.1, -0.05) is 40.2 Å². The smallest absolute Gasteiger partial charge is 0.340 e. The van der Waals surface area contributed by atoms with Crippen molar-refractivity contribution >= 4 is 43.6 Å². The highest BCUT2D eigenvalue weighted by atomic mass is 79.9. The lowest BCUT2D eigenvalue weighted by Gasteiger charge is -2.07. The Kier molecular flexibility index (Phi) is 4.36. The lowest BCUT2D eigenvalue weighted by Crippen LogP contribution is -2.06. The molecule has 2 N–H and O–H groups in total. The van der Waals surface area contributed by atoms with Crippen LogP contribution in [0, 0.1) is 5.82 Å². The largest absolute Gasteiger partial charge is 0.507 e. The normalized spacial score (nSPS) is 11.2. The van der Waals surface area contributed by atoms with E-state index in [1.807, 2.05) is 18.2 Å². The Hall–Kier alpha value is -2.86. The maximum Gasteiger partial charge on any atom is 0.340 e. The molecule has 136 valence electrons. The number of phenols is 1. The fraction of sp³-hybridized carbons (Fsp3) is 0.0952. The molecule has 0 aliphatic rings. The number of carbonyl (C=O) groups is 1. The second-order valence-corrected chi connectivity index (χ2v) is 7.00. The number of benzene rings is 3. The van der Waals surface area contributed by atoms with Gasteiger partial charge in [0.1, 0.15) is 11.6 Å². The highest BCUT2D eigenvalue weighted by Gasteiger charge is 2.24. The van der Waals surface area contributed by atoms with E-state index in [1.165, 1.54) is 12.1 Å². The Balaban J connectivity index is 2.14. The van der Waals surface area contributed by atoms with Crippen molar-refractivity contribution in [2.75, 3.05) is 6.61 Å². The highest BCUT2D eigenvalue weighted by molar-refractivity contribution is 9.10. The van der Waals surface area contributed by atoms with E-state index in [4.69, 9.17) is 4.74 Å². The summed E-state index contributed by atoms with van der Waals surface area (Å²) in [6.45, 7) is 1.89. The van der Waals surface area contributed by atoms with E-state index in [0.29, 0.717) is 26.5 Å². The first-order chi connectivity index (χ1) is 13.0. The van der Waals surface area contributed by atoms with Gasteiger partial charge >= 0.3 is 5.97 Å². The van der Waals surface area contributed by atoms with Gasteiger partial charge in [0.05, 0.1) is 23.4 Å². The van der Waals surface area contributed by atoms with Gasteiger partial charge in [0.2, 0.25) is 0 Å². The Morgan fingerprint density at radius 1 is 1.15 bits per heavy atom. The van der Waals surface area contributed by atoms with Crippen molar-refractivity contribution in [2.45, 2.75) is 6.92 Å². The van der Waals surface area contributed by atoms with Crippen LogP contribution >= 0.6 is 15.9 Å². The van der Waals surface area contributed by atoms with Gasteiger partial charge in [0.15, 0.2) is 0 Å². The van der Waals surface area contributed by atoms with Crippen LogP contribution in [0.4, 0.5) is 4.39 Å². The molecule has 0 saturated heterocycles. The van der Waals surface area contributed by atoms with Crippen molar-refractivity contribution in [3.8, 4) is 17.0 Å². The topological polar surface area (TPSA) is 62.3 Å². The molecule has 6 heteroatoms. The summed E-state index contributed by atoms with van der Waals surface area (Å²) in [6.07, 6.45) is 0. The zero-order valence-electron chi connectivity index (χ0n) is 14.3. The van der Waals surface area contributed by atoms with Crippen LogP contribution in [0.15, 0.2) is 53.0 Å². The minimum Gasteiger partial charge on any atom is -0.507 e. The molecule has 4 nitrogen and oxygen atoms in total. The number of hydrogen-bond donors (Lipinski definition) is 2. The molecule has 0 radical (unpaired) electrons. The zero-order valence-corrected chi connectivity index (χ0v) is 15.9. The molecule has 4 rings (SSSR count). The third-order valence-corrected chi connectivity index (χ3v) is 4.96. The zero-order chi connectivity index (χ0) is 19.1. The molecule has 0 spiro atoms. The number of ether oxygens (including phenoxy) is 1. The Morgan fingerprint density at radius 3 is 2.63 bits per heavy atom. The van der Waals surface area contributed by atoms with E-state index in [1.54, 1.807) is 25.1 Å². The van der Waals surface area contributed by atoms with Crippen LogP contribution in [-0.2, 0) is 4.74 Å². The number of fused-ring (bicyclic) bond motifs is 3. The minimum absolute atomic E-state index is 0.0453. The van der Waals surface area contributed by atoms with E-state index in [-0.39, 0.29) is 23.5 Å². The standard InChI is InChI=1S/C21H15BrFNO3/c1-2-27-21(26)18-15-10-17(25)12-5-3-4-6-13(12)19(15)24-20(18)14-9-11(22)7-8-16(14)23/h3-10,24-25H,2H2,1H3. The summed E-state index contributed by atoms with van der Waals surface area (Å²) < 4.78 is 20.4. The van der Waals surface area contributed by atoms with Crippen molar-refractivity contribution in [3.05, 3.63) is 64.4 Å². The third-order valence-electron chi connectivity index (χ3n) is 4.47. The molecule has 0 saturated carbocycles. The molecule has 0 amide bonds. The molecular formula is C21H15BrFNO3. The third kappa shape index (κ3) is 2.86. The number of aromatic hydroxyl groups is 1. The van der Waals surface area contributed by atoms with Gasteiger partial charge in [-0.3, -0.25) is 0 Å². The van der Waals surface area contributed by atoms with Gasteiger partial charge in [0, 0.05) is 26.2 Å². The second kappa shape index (κ2) is 6.70. The molecule has 0 bridgehead atoms. The average molecular weight is 428 g/mol. The van der Waals surface area contributed by atoms with Crippen LogP contribution in [0.5, 0.6) is 5.75 Å². The molecular weight excluding hydrogens is 413 g/mol. The minimum atomic E-state index is -0.576. The fourth-order valence-corrected chi connectivity index (χ4v) is 3.68. The lowest BCUT2D eigenvalue weighted by atomic mass is 10.0. The van der Waals surface area contributed by atoms with Gasteiger partial charge in [0.25, 0.3) is 0 Å². The summed E-state index contributed by atoms with van der Waals surface area (Å²) in [5.41, 5.74) is 1.40. The molecule has 0 atom stereocenters. The van der Waals surface area contributed by atoms with E-state index < -0.39 is 11.8 Å². The van der Waals surface area contributed by atoms with Gasteiger partial charge in [-0.2, -0.15) is 0 Å². The molecule has 3 aromatic carbocycles. The van der Waals surface area contributed by atoms with Gasteiger partial charge < -0.3 is 14.8 Å². The Labute approximate surface area is 162 Å². The van der Waals surface area contributed by atoms with Crippen LogP contribution in [0.3, 0.4) is 0 Å². The first-order valence-electron chi connectivity index (χ1n) is 8.40. The van der Waals surface area contributed by atoms with Crippen molar-refractivity contribution in [2.24, 2.45) is 0 Å². The maximum atomic E-state index is 14.6. The number of halogens is 2. The SMILES string of the molecule is CCOC(=O)c1c(-c2cc(Br)ccc2F)[nH]c2c1cc(O)c1ccccc12. The van der Waals surface area contributed by atoms with Crippen LogP contribution in [0.25, 0.3) is 32.9 Å². The molecule has 27 heavy (non-hydrogen) atoms. The molecule has 4 aromatic rings. The quantitative estimate of drug-likeness (QED) is 0.407. The summed E-state index contributed by atoms with van der Waals surface area (Å²) in [5, 5.41) is 12.3. The number of hydrogen-bond acceptors (Lipinski definition) is 3. The van der Waals surface area contributed by atoms with E-state index >= 15 is 0 Å². The molecule has 0 fully saturated rings.